The number of aryl methyl sites for hydroxylation is 1. The van der Waals surface area contributed by atoms with Crippen LogP contribution in [-0.2, 0) is 29.8 Å². The zero-order chi connectivity index (χ0) is 27.2. The minimum atomic E-state index is -4.78. The van der Waals surface area contributed by atoms with E-state index < -0.39 is 51.8 Å². The van der Waals surface area contributed by atoms with Crippen molar-refractivity contribution >= 4 is 16.0 Å². The molecule has 0 aromatic carbocycles. The van der Waals surface area contributed by atoms with Crippen LogP contribution in [0.3, 0.4) is 0 Å². The van der Waals surface area contributed by atoms with Gasteiger partial charge in [0.2, 0.25) is 5.95 Å². The smallest absolute Gasteiger partial charge is 0.389 e. The normalized spacial score (nSPS) is 19.8. The molecule has 0 bridgehead atoms. The van der Waals surface area contributed by atoms with E-state index in [1.807, 2.05) is 0 Å². The summed E-state index contributed by atoms with van der Waals surface area (Å²) in [6.07, 6.45) is -1.80. The molecular weight excluding hydrogens is 520 g/mol. The molecule has 16 heteroatoms. The molecule has 0 radical (unpaired) electrons. The minimum absolute atomic E-state index is 0.0210. The molecule has 1 saturated heterocycles. The maximum absolute atomic E-state index is 15.0. The number of hydrogen-bond acceptors (Lipinski definition) is 8. The summed E-state index contributed by atoms with van der Waals surface area (Å²) >= 11 is 0. The standard InChI is InChI=1S/C21H26F4N8O3S/c1-20(2,34)11-32-10-16(27-12-32)18-13(21(23,24)25)8-26-19(29-18)28-15-4-7-33(9-14(15)22)37(35,36)17-5-6-31(3)30-17/h5-6,8,10,12,14-15,34H,4,7,9,11H2,1-3H3,(H,26,28,29)/t14-,15-/m1/s1. The second kappa shape index (κ2) is 9.64. The number of halogens is 4. The molecule has 0 amide bonds. The molecular formula is C21H26F4N8O3S. The summed E-state index contributed by atoms with van der Waals surface area (Å²) in [4.78, 5) is 11.7. The quantitative estimate of drug-likeness (QED) is 0.431. The predicted molar refractivity (Wildman–Crippen MR) is 123 cm³/mol. The Labute approximate surface area is 210 Å². The van der Waals surface area contributed by atoms with E-state index in [9.17, 15) is 26.7 Å². The molecule has 11 nitrogen and oxygen atoms in total. The predicted octanol–water partition coefficient (Wildman–Crippen LogP) is 2.08. The van der Waals surface area contributed by atoms with Gasteiger partial charge in [-0.05, 0) is 26.3 Å². The molecule has 1 aliphatic rings. The largest absolute Gasteiger partial charge is 0.420 e. The Hall–Kier alpha value is -3.11. The van der Waals surface area contributed by atoms with Gasteiger partial charge in [0, 0.05) is 38.7 Å². The van der Waals surface area contributed by atoms with Crippen molar-refractivity contribution in [2.24, 2.45) is 7.05 Å². The van der Waals surface area contributed by atoms with Crippen molar-refractivity contribution in [1.82, 2.24) is 33.6 Å². The first-order valence-corrected chi connectivity index (χ1v) is 12.7. The van der Waals surface area contributed by atoms with Crippen molar-refractivity contribution < 1.29 is 31.1 Å². The molecule has 1 fully saturated rings. The molecule has 4 heterocycles. The van der Waals surface area contributed by atoms with E-state index in [1.165, 1.54) is 34.0 Å². The Kier molecular flexibility index (Phi) is 7.02. The van der Waals surface area contributed by atoms with E-state index in [0.29, 0.717) is 6.20 Å². The van der Waals surface area contributed by atoms with Crippen molar-refractivity contribution in [3.8, 4) is 11.4 Å². The molecule has 202 valence electrons. The monoisotopic (exact) mass is 546 g/mol. The number of rotatable bonds is 7. The third-order valence-corrected chi connectivity index (χ3v) is 7.41. The number of hydrogen-bond donors (Lipinski definition) is 2. The lowest BCUT2D eigenvalue weighted by molar-refractivity contribution is -0.137. The van der Waals surface area contributed by atoms with Crippen LogP contribution < -0.4 is 5.32 Å². The number of imidazole rings is 1. The molecule has 2 N–H and O–H groups in total. The highest BCUT2D eigenvalue weighted by Gasteiger charge is 2.39. The van der Waals surface area contributed by atoms with Crippen LogP contribution in [-0.4, -0.2) is 78.0 Å². The number of nitrogens with zero attached hydrogens (tertiary/aromatic N) is 7. The van der Waals surface area contributed by atoms with Crippen LogP contribution in [0.5, 0.6) is 0 Å². The van der Waals surface area contributed by atoms with E-state index in [1.54, 1.807) is 20.9 Å². The van der Waals surface area contributed by atoms with Gasteiger partial charge in [-0.3, -0.25) is 4.68 Å². The Morgan fingerprint density at radius 3 is 2.57 bits per heavy atom. The van der Waals surface area contributed by atoms with Crippen LogP contribution in [0, 0.1) is 0 Å². The second-order valence-corrected chi connectivity index (χ2v) is 11.3. The van der Waals surface area contributed by atoms with Crippen LogP contribution in [0.4, 0.5) is 23.5 Å². The molecule has 4 rings (SSSR count). The molecule has 2 atom stereocenters. The fourth-order valence-corrected chi connectivity index (χ4v) is 5.37. The van der Waals surface area contributed by atoms with Crippen LogP contribution in [0.25, 0.3) is 11.4 Å². The van der Waals surface area contributed by atoms with Crippen LogP contribution in [0.2, 0.25) is 0 Å². The van der Waals surface area contributed by atoms with Crippen LogP contribution >= 0.6 is 0 Å². The summed E-state index contributed by atoms with van der Waals surface area (Å²) in [5, 5.41) is 16.3. The van der Waals surface area contributed by atoms with Gasteiger partial charge in [-0.2, -0.15) is 22.6 Å². The number of nitrogens with one attached hydrogen (secondary N) is 1. The maximum atomic E-state index is 15.0. The minimum Gasteiger partial charge on any atom is -0.389 e. The third kappa shape index (κ3) is 6.07. The molecule has 37 heavy (non-hydrogen) atoms. The van der Waals surface area contributed by atoms with Crippen molar-refractivity contribution in [1.29, 1.82) is 0 Å². The molecule has 0 unspecified atom stereocenters. The van der Waals surface area contributed by atoms with Crippen molar-refractivity contribution in [3.05, 3.63) is 36.5 Å². The van der Waals surface area contributed by atoms with Crippen LogP contribution in [0.1, 0.15) is 25.8 Å². The first-order valence-electron chi connectivity index (χ1n) is 11.2. The van der Waals surface area contributed by atoms with Crippen LogP contribution in [0.15, 0.2) is 36.0 Å². The van der Waals surface area contributed by atoms with Gasteiger partial charge in [0.1, 0.15) is 23.1 Å². The Bertz CT molecular complexity index is 1370. The van der Waals surface area contributed by atoms with Gasteiger partial charge in [-0.1, -0.05) is 0 Å². The fraction of sp³-hybridized carbons (Fsp3) is 0.524. The summed E-state index contributed by atoms with van der Waals surface area (Å²) in [5.41, 5.74) is -2.86. The van der Waals surface area contributed by atoms with Crippen molar-refractivity contribution in [2.45, 2.75) is 55.8 Å². The van der Waals surface area contributed by atoms with E-state index >= 15 is 4.39 Å². The molecule has 3 aromatic rings. The summed E-state index contributed by atoms with van der Waals surface area (Å²) in [6.45, 7) is 2.67. The van der Waals surface area contributed by atoms with Gasteiger partial charge >= 0.3 is 6.18 Å². The summed E-state index contributed by atoms with van der Waals surface area (Å²) < 4.78 is 85.2. The van der Waals surface area contributed by atoms with E-state index in [4.69, 9.17) is 0 Å². The Balaban J connectivity index is 1.54. The molecule has 3 aromatic heterocycles. The number of aliphatic hydroxyl groups is 1. The molecule has 0 saturated carbocycles. The first-order chi connectivity index (χ1) is 17.1. The van der Waals surface area contributed by atoms with Gasteiger partial charge in [-0.25, -0.2) is 27.8 Å². The van der Waals surface area contributed by atoms with Gasteiger partial charge in [0.25, 0.3) is 10.0 Å². The van der Waals surface area contributed by atoms with Gasteiger partial charge in [-0.15, -0.1) is 0 Å². The van der Waals surface area contributed by atoms with Gasteiger partial charge in [0.05, 0.1) is 24.5 Å². The topological polar surface area (TPSA) is 131 Å². The lowest BCUT2D eigenvalue weighted by Gasteiger charge is -2.33. The highest BCUT2D eigenvalue weighted by molar-refractivity contribution is 7.89. The number of anilines is 1. The van der Waals surface area contributed by atoms with Crippen molar-refractivity contribution in [3.63, 3.8) is 0 Å². The number of sulfonamides is 1. The van der Waals surface area contributed by atoms with Gasteiger partial charge < -0.3 is 15.0 Å². The number of aromatic nitrogens is 6. The summed E-state index contributed by atoms with van der Waals surface area (Å²) in [5.74, 6) is -0.256. The molecule has 0 spiro atoms. The Morgan fingerprint density at radius 2 is 1.97 bits per heavy atom. The maximum Gasteiger partial charge on any atom is 0.420 e. The highest BCUT2D eigenvalue weighted by atomic mass is 32.2. The second-order valence-electron chi connectivity index (χ2n) is 9.44. The number of piperidine rings is 1. The summed E-state index contributed by atoms with van der Waals surface area (Å²) in [6, 6.07) is 0.375. The molecule has 0 aliphatic carbocycles. The SMILES string of the molecule is Cn1ccc(S(=O)(=O)N2CC[C@@H](Nc3ncc(C(F)(F)F)c(-c4cn(CC(C)(C)O)cn4)n3)[C@H](F)C2)n1. The van der Waals surface area contributed by atoms with E-state index in [2.05, 4.69) is 25.4 Å². The lowest BCUT2D eigenvalue weighted by Crippen LogP contribution is -2.50. The third-order valence-electron chi connectivity index (χ3n) is 5.65. The fourth-order valence-electron chi connectivity index (χ4n) is 3.96. The van der Waals surface area contributed by atoms with E-state index in [0.717, 1.165) is 4.31 Å². The van der Waals surface area contributed by atoms with Gasteiger partial charge in [0.15, 0.2) is 5.03 Å². The zero-order valence-corrected chi connectivity index (χ0v) is 21.0. The van der Waals surface area contributed by atoms with Crippen molar-refractivity contribution in [2.75, 3.05) is 18.4 Å². The average Bonchev–Trinajstić information content (AvgIpc) is 3.42. The number of alkyl halides is 4. The summed E-state index contributed by atoms with van der Waals surface area (Å²) in [7, 11) is -2.44. The van der Waals surface area contributed by atoms with E-state index in [-0.39, 0.29) is 36.2 Å². The average molecular weight is 547 g/mol. The lowest BCUT2D eigenvalue weighted by atomic mass is 10.1. The first kappa shape index (κ1) is 26.9. The molecule has 1 aliphatic heterocycles. The zero-order valence-electron chi connectivity index (χ0n) is 20.2. The highest BCUT2D eigenvalue weighted by Crippen LogP contribution is 2.36. The Morgan fingerprint density at radius 1 is 1.24 bits per heavy atom.